The molecule has 1 aromatic carbocycles. The molecule has 0 radical (unpaired) electrons. The summed E-state index contributed by atoms with van der Waals surface area (Å²) >= 11 is 0. The summed E-state index contributed by atoms with van der Waals surface area (Å²) in [5, 5.41) is 9.42. The van der Waals surface area contributed by atoms with E-state index in [4.69, 9.17) is 0 Å². The Balaban J connectivity index is 2.20. The van der Waals surface area contributed by atoms with Crippen molar-refractivity contribution in [3.8, 4) is 5.75 Å². The van der Waals surface area contributed by atoms with Crippen LogP contribution in [0.2, 0.25) is 0 Å². The van der Waals surface area contributed by atoms with E-state index in [1.165, 1.54) is 5.56 Å². The second kappa shape index (κ2) is 2.38. The van der Waals surface area contributed by atoms with E-state index in [2.05, 4.69) is 0 Å². The van der Waals surface area contributed by atoms with Crippen LogP contribution in [0.25, 0.3) is 0 Å². The fourth-order valence-corrected chi connectivity index (χ4v) is 2.54. The van der Waals surface area contributed by atoms with Gasteiger partial charge in [0, 0.05) is 6.42 Å². The third kappa shape index (κ3) is 0.884. The predicted octanol–water partition coefficient (Wildman–Crippen LogP) is 1.94. The van der Waals surface area contributed by atoms with Crippen LogP contribution in [-0.2, 0) is 16.6 Å². The molecule has 2 nitrogen and oxygen atoms in total. The molecule has 2 heteroatoms. The number of phenols is 1. The smallest absolute Gasteiger partial charge is 0.143 e. The standard InChI is InChI=1S/C12H12O2/c13-9-3-1-8-2-4-11(14)12(5-6-12)10(8)7-9/h1,3,7,13H,2,4-6H2. The van der Waals surface area contributed by atoms with Crippen LogP contribution in [0, 0.1) is 0 Å². The molecule has 14 heavy (non-hydrogen) atoms. The monoisotopic (exact) mass is 188 g/mol. The molecule has 1 N–H and O–H groups in total. The van der Waals surface area contributed by atoms with E-state index >= 15 is 0 Å². The highest BCUT2D eigenvalue weighted by atomic mass is 16.3. The first kappa shape index (κ1) is 8.04. The van der Waals surface area contributed by atoms with Crippen molar-refractivity contribution < 1.29 is 9.90 Å². The first-order valence-corrected chi connectivity index (χ1v) is 5.08. The maximum absolute atomic E-state index is 11.8. The minimum atomic E-state index is -0.188. The summed E-state index contributed by atoms with van der Waals surface area (Å²) in [5.74, 6) is 0.653. The molecule has 0 saturated heterocycles. The fraction of sp³-hybridized carbons (Fsp3) is 0.417. The van der Waals surface area contributed by atoms with Crippen molar-refractivity contribution in [1.82, 2.24) is 0 Å². The molecule has 0 aromatic heterocycles. The predicted molar refractivity (Wildman–Crippen MR) is 52.3 cm³/mol. The second-order valence-corrected chi connectivity index (χ2v) is 4.35. The maximum atomic E-state index is 11.8. The molecular weight excluding hydrogens is 176 g/mol. The second-order valence-electron chi connectivity index (χ2n) is 4.35. The van der Waals surface area contributed by atoms with E-state index in [9.17, 15) is 9.90 Å². The first-order chi connectivity index (χ1) is 6.72. The SMILES string of the molecule is O=C1CCc2ccc(O)cc2C12CC2. The molecule has 2 aliphatic carbocycles. The van der Waals surface area contributed by atoms with Gasteiger partial charge in [-0.2, -0.15) is 0 Å². The fourth-order valence-electron chi connectivity index (χ4n) is 2.54. The van der Waals surface area contributed by atoms with Gasteiger partial charge in [0.2, 0.25) is 0 Å². The molecule has 0 bridgehead atoms. The highest BCUT2D eigenvalue weighted by molar-refractivity contribution is 5.95. The quantitative estimate of drug-likeness (QED) is 0.675. The van der Waals surface area contributed by atoms with Crippen LogP contribution in [0.4, 0.5) is 0 Å². The molecule has 1 aromatic rings. The Labute approximate surface area is 82.6 Å². The van der Waals surface area contributed by atoms with Gasteiger partial charge in [-0.1, -0.05) is 6.07 Å². The van der Waals surface area contributed by atoms with Gasteiger partial charge < -0.3 is 5.11 Å². The van der Waals surface area contributed by atoms with Crippen LogP contribution < -0.4 is 0 Å². The van der Waals surface area contributed by atoms with Crippen LogP contribution in [-0.4, -0.2) is 10.9 Å². The highest BCUT2D eigenvalue weighted by Gasteiger charge is 2.53. The average molecular weight is 188 g/mol. The van der Waals surface area contributed by atoms with Crippen molar-refractivity contribution >= 4 is 5.78 Å². The van der Waals surface area contributed by atoms with Crippen LogP contribution in [0.1, 0.15) is 30.4 Å². The third-order valence-corrected chi connectivity index (χ3v) is 3.51. The van der Waals surface area contributed by atoms with Crippen molar-refractivity contribution in [1.29, 1.82) is 0 Å². The molecule has 0 atom stereocenters. The Morgan fingerprint density at radius 3 is 2.71 bits per heavy atom. The average Bonchev–Trinajstić information content (AvgIpc) is 2.94. The number of carbonyl (C=O) groups is 1. The number of rotatable bonds is 0. The molecule has 1 fully saturated rings. The van der Waals surface area contributed by atoms with Gasteiger partial charge in [-0.15, -0.1) is 0 Å². The molecular formula is C12H12O2. The summed E-state index contributed by atoms with van der Waals surface area (Å²) in [4.78, 5) is 11.8. The summed E-state index contributed by atoms with van der Waals surface area (Å²) in [6.07, 6.45) is 3.47. The molecule has 0 aliphatic heterocycles. The van der Waals surface area contributed by atoms with Gasteiger partial charge in [-0.25, -0.2) is 0 Å². The van der Waals surface area contributed by atoms with Crippen LogP contribution in [0.5, 0.6) is 5.75 Å². The summed E-state index contributed by atoms with van der Waals surface area (Å²) in [7, 11) is 0. The largest absolute Gasteiger partial charge is 0.508 e. The Morgan fingerprint density at radius 1 is 1.21 bits per heavy atom. The molecule has 3 rings (SSSR count). The van der Waals surface area contributed by atoms with E-state index in [1.54, 1.807) is 12.1 Å². The Hall–Kier alpha value is -1.31. The lowest BCUT2D eigenvalue weighted by Gasteiger charge is -2.23. The topological polar surface area (TPSA) is 37.3 Å². The minimum absolute atomic E-state index is 0.188. The van der Waals surface area contributed by atoms with Gasteiger partial charge >= 0.3 is 0 Å². The molecule has 0 heterocycles. The number of fused-ring (bicyclic) bond motifs is 2. The van der Waals surface area contributed by atoms with Gasteiger partial charge in [-0.3, -0.25) is 4.79 Å². The zero-order valence-electron chi connectivity index (χ0n) is 7.92. The number of ketones is 1. The Bertz CT molecular complexity index is 416. The zero-order valence-corrected chi connectivity index (χ0v) is 7.92. The number of hydrogen-bond donors (Lipinski definition) is 1. The van der Waals surface area contributed by atoms with Gasteiger partial charge in [0.25, 0.3) is 0 Å². The number of carbonyl (C=O) groups excluding carboxylic acids is 1. The number of hydrogen-bond acceptors (Lipinski definition) is 2. The Kier molecular flexibility index (Phi) is 1.37. The molecule has 0 unspecified atom stereocenters. The number of Topliss-reactive ketones (excluding diaryl/α,β-unsaturated/α-hetero) is 1. The van der Waals surface area contributed by atoms with Crippen molar-refractivity contribution in [2.45, 2.75) is 31.1 Å². The first-order valence-electron chi connectivity index (χ1n) is 5.08. The third-order valence-electron chi connectivity index (χ3n) is 3.51. The summed E-state index contributed by atoms with van der Waals surface area (Å²) in [6.45, 7) is 0. The van der Waals surface area contributed by atoms with Crippen LogP contribution >= 0.6 is 0 Å². The molecule has 72 valence electrons. The molecule has 2 aliphatic rings. The minimum Gasteiger partial charge on any atom is -0.508 e. The zero-order chi connectivity index (χ0) is 9.76. The van der Waals surface area contributed by atoms with Gasteiger partial charge in [0.15, 0.2) is 0 Å². The van der Waals surface area contributed by atoms with Crippen molar-refractivity contribution in [2.24, 2.45) is 0 Å². The van der Waals surface area contributed by atoms with E-state index in [0.717, 1.165) is 24.8 Å². The van der Waals surface area contributed by atoms with Crippen LogP contribution in [0.15, 0.2) is 18.2 Å². The number of aromatic hydroxyl groups is 1. The maximum Gasteiger partial charge on any atom is 0.143 e. The highest BCUT2D eigenvalue weighted by Crippen LogP contribution is 2.53. The van der Waals surface area contributed by atoms with Crippen LogP contribution in [0.3, 0.4) is 0 Å². The van der Waals surface area contributed by atoms with E-state index in [0.29, 0.717) is 12.2 Å². The lowest BCUT2D eigenvalue weighted by Crippen LogP contribution is -2.26. The van der Waals surface area contributed by atoms with Crippen molar-refractivity contribution in [3.63, 3.8) is 0 Å². The van der Waals surface area contributed by atoms with E-state index < -0.39 is 0 Å². The number of aryl methyl sites for hydroxylation is 1. The van der Waals surface area contributed by atoms with E-state index in [-0.39, 0.29) is 11.2 Å². The van der Waals surface area contributed by atoms with Crippen molar-refractivity contribution in [2.75, 3.05) is 0 Å². The summed E-state index contributed by atoms with van der Waals surface area (Å²) in [6, 6.07) is 5.45. The molecule has 1 saturated carbocycles. The lowest BCUT2D eigenvalue weighted by atomic mass is 9.79. The molecule has 1 spiro atoms. The van der Waals surface area contributed by atoms with E-state index in [1.807, 2.05) is 6.07 Å². The summed E-state index contributed by atoms with van der Waals surface area (Å²) < 4.78 is 0. The van der Waals surface area contributed by atoms with Gasteiger partial charge in [-0.05, 0) is 42.5 Å². The van der Waals surface area contributed by atoms with Gasteiger partial charge in [0.05, 0.1) is 5.41 Å². The molecule has 0 amide bonds. The summed E-state index contributed by atoms with van der Waals surface area (Å²) in [5.41, 5.74) is 2.15. The Morgan fingerprint density at radius 2 is 2.00 bits per heavy atom. The number of benzene rings is 1. The lowest BCUT2D eigenvalue weighted by molar-refractivity contribution is -0.121. The number of phenolic OH excluding ortho intramolecular Hbond substituents is 1. The van der Waals surface area contributed by atoms with Crippen molar-refractivity contribution in [3.05, 3.63) is 29.3 Å². The van der Waals surface area contributed by atoms with Gasteiger partial charge in [0.1, 0.15) is 11.5 Å². The normalized spacial score (nSPS) is 22.1.